The number of benzene rings is 2. The quantitative estimate of drug-likeness (QED) is 0.527. The van der Waals surface area contributed by atoms with Crippen molar-refractivity contribution in [1.29, 1.82) is 0 Å². The molecule has 4 rings (SSSR count). The van der Waals surface area contributed by atoms with Crippen LogP contribution in [-0.4, -0.2) is 32.7 Å². The largest absolute Gasteiger partial charge is 0.387 e. The van der Waals surface area contributed by atoms with Gasteiger partial charge >= 0.3 is 0 Å². The highest BCUT2D eigenvalue weighted by Gasteiger charge is 2.21. The van der Waals surface area contributed by atoms with Crippen LogP contribution in [0, 0.1) is 0 Å². The molecule has 0 atom stereocenters. The van der Waals surface area contributed by atoms with Gasteiger partial charge in [-0.15, -0.1) is 5.10 Å². The maximum Gasteiger partial charge on any atom is 0.283 e. The molecule has 0 amide bonds. The Balaban J connectivity index is 1.72. The van der Waals surface area contributed by atoms with Crippen LogP contribution in [0.15, 0.2) is 79.0 Å². The van der Waals surface area contributed by atoms with Gasteiger partial charge in [0.1, 0.15) is 5.69 Å². The number of rotatable bonds is 6. The van der Waals surface area contributed by atoms with Crippen molar-refractivity contribution in [2.24, 2.45) is 0 Å². The minimum absolute atomic E-state index is 0.278. The lowest BCUT2D eigenvalue weighted by atomic mass is 10.1. The van der Waals surface area contributed by atoms with Gasteiger partial charge in [0, 0.05) is 25.5 Å². The van der Waals surface area contributed by atoms with Gasteiger partial charge in [-0.3, -0.25) is 9.78 Å². The number of nitrogens with zero attached hydrogens (tertiary/aromatic N) is 4. The molecule has 0 saturated heterocycles. The standard InChI is InChI=1S/C22H20N6O/c1-23-18-12-6-5-11-17(18)21(29)28-22(25-15-16-9-3-2-4-10-16)26-20(27-28)19-13-7-8-14-24-19/h2-14,23H,15H2,1H3,(H,25,26,27). The van der Waals surface area contributed by atoms with Crippen molar-refractivity contribution >= 4 is 17.5 Å². The lowest BCUT2D eigenvalue weighted by Crippen LogP contribution is -2.18. The molecule has 0 unspecified atom stereocenters. The van der Waals surface area contributed by atoms with Crippen molar-refractivity contribution < 1.29 is 4.79 Å². The van der Waals surface area contributed by atoms with E-state index in [0.29, 0.717) is 29.6 Å². The van der Waals surface area contributed by atoms with Crippen LogP contribution in [-0.2, 0) is 6.54 Å². The third kappa shape index (κ3) is 3.98. The molecule has 0 saturated carbocycles. The summed E-state index contributed by atoms with van der Waals surface area (Å²) in [6, 6.07) is 22.7. The van der Waals surface area contributed by atoms with E-state index in [0.717, 1.165) is 11.3 Å². The first-order valence-electron chi connectivity index (χ1n) is 9.24. The number of para-hydroxylation sites is 1. The van der Waals surface area contributed by atoms with Crippen molar-refractivity contribution in [2.45, 2.75) is 6.54 Å². The number of hydrogen-bond acceptors (Lipinski definition) is 6. The average Bonchev–Trinajstić information content (AvgIpc) is 3.23. The summed E-state index contributed by atoms with van der Waals surface area (Å²) in [5, 5.41) is 10.7. The van der Waals surface area contributed by atoms with Gasteiger partial charge in [0.2, 0.25) is 11.8 Å². The Labute approximate surface area is 168 Å². The first kappa shape index (κ1) is 18.4. The number of aromatic nitrogens is 4. The number of hydrogen-bond donors (Lipinski definition) is 2. The number of carbonyl (C=O) groups is 1. The molecule has 0 spiro atoms. The maximum absolute atomic E-state index is 13.3. The van der Waals surface area contributed by atoms with E-state index in [9.17, 15) is 4.79 Å². The number of anilines is 2. The molecule has 0 radical (unpaired) electrons. The smallest absolute Gasteiger partial charge is 0.283 e. The summed E-state index contributed by atoms with van der Waals surface area (Å²) in [5.74, 6) is 0.474. The molecule has 2 aromatic heterocycles. The van der Waals surface area contributed by atoms with Crippen LogP contribution < -0.4 is 10.6 Å². The van der Waals surface area contributed by atoms with Crippen LogP contribution in [0.3, 0.4) is 0 Å². The second kappa shape index (κ2) is 8.35. The van der Waals surface area contributed by atoms with Gasteiger partial charge in [-0.25, -0.2) is 0 Å². The Morgan fingerprint density at radius 1 is 0.966 bits per heavy atom. The van der Waals surface area contributed by atoms with Gasteiger partial charge in [-0.1, -0.05) is 48.5 Å². The van der Waals surface area contributed by atoms with E-state index < -0.39 is 0 Å². The molecular formula is C22H20N6O. The van der Waals surface area contributed by atoms with Crippen molar-refractivity contribution in [3.05, 3.63) is 90.1 Å². The third-order valence-electron chi connectivity index (χ3n) is 4.41. The predicted molar refractivity (Wildman–Crippen MR) is 113 cm³/mol. The summed E-state index contributed by atoms with van der Waals surface area (Å²) in [6.45, 7) is 0.516. The average molecular weight is 384 g/mol. The summed E-state index contributed by atoms with van der Waals surface area (Å²) >= 11 is 0. The zero-order valence-electron chi connectivity index (χ0n) is 15.9. The molecule has 7 heteroatoms. The Hall–Kier alpha value is -4.00. The zero-order chi connectivity index (χ0) is 20.1. The monoisotopic (exact) mass is 384 g/mol. The first-order chi connectivity index (χ1) is 14.3. The molecule has 2 N–H and O–H groups in total. The lowest BCUT2D eigenvalue weighted by Gasteiger charge is -2.10. The maximum atomic E-state index is 13.3. The van der Waals surface area contributed by atoms with E-state index in [1.807, 2.05) is 66.7 Å². The van der Waals surface area contributed by atoms with Crippen LogP contribution >= 0.6 is 0 Å². The van der Waals surface area contributed by atoms with E-state index in [4.69, 9.17) is 0 Å². The third-order valence-corrected chi connectivity index (χ3v) is 4.41. The summed E-state index contributed by atoms with van der Waals surface area (Å²) < 4.78 is 1.29. The Morgan fingerprint density at radius 3 is 2.48 bits per heavy atom. The van der Waals surface area contributed by atoms with E-state index in [-0.39, 0.29) is 5.91 Å². The van der Waals surface area contributed by atoms with Crippen molar-refractivity contribution in [1.82, 2.24) is 19.7 Å². The molecule has 0 fully saturated rings. The first-order valence-corrected chi connectivity index (χ1v) is 9.24. The van der Waals surface area contributed by atoms with Gasteiger partial charge < -0.3 is 10.6 Å². The van der Waals surface area contributed by atoms with Gasteiger partial charge in [-0.2, -0.15) is 9.67 Å². The summed E-state index contributed by atoms with van der Waals surface area (Å²) in [4.78, 5) is 22.1. The van der Waals surface area contributed by atoms with E-state index in [2.05, 4.69) is 25.7 Å². The highest BCUT2D eigenvalue weighted by molar-refractivity contribution is 6.01. The van der Waals surface area contributed by atoms with E-state index in [1.54, 1.807) is 19.3 Å². The normalized spacial score (nSPS) is 10.5. The fourth-order valence-electron chi connectivity index (χ4n) is 2.95. The lowest BCUT2D eigenvalue weighted by molar-refractivity contribution is 0.0948. The van der Waals surface area contributed by atoms with Crippen molar-refractivity contribution in [3.8, 4) is 11.5 Å². The molecule has 2 aromatic carbocycles. The van der Waals surface area contributed by atoms with Gasteiger partial charge in [0.15, 0.2) is 0 Å². The highest BCUT2D eigenvalue weighted by atomic mass is 16.2. The number of carbonyl (C=O) groups excluding carboxylic acids is 1. The second-order valence-electron chi connectivity index (χ2n) is 6.33. The minimum atomic E-state index is -0.278. The molecule has 0 bridgehead atoms. The minimum Gasteiger partial charge on any atom is -0.387 e. The predicted octanol–water partition coefficient (Wildman–Crippen LogP) is 3.68. The molecule has 7 nitrogen and oxygen atoms in total. The highest BCUT2D eigenvalue weighted by Crippen LogP contribution is 2.21. The van der Waals surface area contributed by atoms with Crippen LogP contribution in [0.2, 0.25) is 0 Å². The van der Waals surface area contributed by atoms with Gasteiger partial charge in [0.05, 0.1) is 5.56 Å². The Morgan fingerprint density at radius 2 is 1.72 bits per heavy atom. The molecule has 29 heavy (non-hydrogen) atoms. The van der Waals surface area contributed by atoms with Gasteiger partial charge in [-0.05, 0) is 29.8 Å². The Bertz CT molecular complexity index is 1110. The SMILES string of the molecule is CNc1ccccc1C(=O)n1nc(-c2ccccn2)nc1NCc1ccccc1. The zero-order valence-corrected chi connectivity index (χ0v) is 15.9. The molecule has 144 valence electrons. The van der Waals surface area contributed by atoms with Crippen LogP contribution in [0.1, 0.15) is 15.9 Å². The fraction of sp³-hybridized carbons (Fsp3) is 0.0909. The molecule has 0 aliphatic carbocycles. The molecule has 2 heterocycles. The van der Waals surface area contributed by atoms with E-state index in [1.165, 1.54) is 4.68 Å². The van der Waals surface area contributed by atoms with Crippen molar-refractivity contribution in [3.63, 3.8) is 0 Å². The fourth-order valence-corrected chi connectivity index (χ4v) is 2.95. The van der Waals surface area contributed by atoms with Gasteiger partial charge in [0.25, 0.3) is 5.91 Å². The molecular weight excluding hydrogens is 364 g/mol. The molecule has 4 aromatic rings. The second-order valence-corrected chi connectivity index (χ2v) is 6.33. The summed E-state index contributed by atoms with van der Waals surface area (Å²) in [6.07, 6.45) is 1.67. The number of nitrogens with one attached hydrogen (secondary N) is 2. The summed E-state index contributed by atoms with van der Waals surface area (Å²) in [5.41, 5.74) is 2.91. The van der Waals surface area contributed by atoms with Crippen LogP contribution in [0.4, 0.5) is 11.6 Å². The summed E-state index contributed by atoms with van der Waals surface area (Å²) in [7, 11) is 1.78. The topological polar surface area (TPSA) is 84.7 Å². The van der Waals surface area contributed by atoms with E-state index >= 15 is 0 Å². The Kier molecular flexibility index (Phi) is 5.29. The van der Waals surface area contributed by atoms with Crippen LogP contribution in [0.5, 0.6) is 0 Å². The molecule has 0 aliphatic heterocycles. The van der Waals surface area contributed by atoms with Crippen LogP contribution in [0.25, 0.3) is 11.5 Å². The van der Waals surface area contributed by atoms with Crippen molar-refractivity contribution in [2.75, 3.05) is 17.7 Å². The molecule has 0 aliphatic rings. The number of pyridine rings is 1.